The van der Waals surface area contributed by atoms with Gasteiger partial charge >= 0.3 is 0 Å². The predicted octanol–water partition coefficient (Wildman–Crippen LogP) is 1.42. The molecule has 0 aliphatic carbocycles. The molecular weight excluding hydrogens is 248 g/mol. The van der Waals surface area contributed by atoms with Gasteiger partial charge in [-0.25, -0.2) is 0 Å². The molecule has 1 amide bonds. The molecule has 1 heterocycles. The number of carbonyl (C=O) groups excluding carboxylic acids is 1. The van der Waals surface area contributed by atoms with Gasteiger partial charge in [-0.15, -0.1) is 0 Å². The van der Waals surface area contributed by atoms with Crippen LogP contribution in [0, 0.1) is 11.8 Å². The molecule has 0 spiro atoms. The number of quaternary nitrogens is 1. The van der Waals surface area contributed by atoms with Gasteiger partial charge in [0.1, 0.15) is 0 Å². The molecule has 20 heavy (non-hydrogen) atoms. The number of likely N-dealkylation sites (tertiary alicyclic amines) is 1. The minimum Gasteiger partial charge on any atom is -0.345 e. The molecule has 1 unspecified atom stereocenters. The topological polar surface area (TPSA) is 33.5 Å². The Labute approximate surface area is 122 Å². The first-order valence-corrected chi connectivity index (χ1v) is 7.72. The number of hydrogen-bond acceptors (Lipinski definition) is 1. The van der Waals surface area contributed by atoms with Crippen LogP contribution < -0.4 is 10.2 Å². The minimum atomic E-state index is 0.0859. The van der Waals surface area contributed by atoms with Crippen molar-refractivity contribution >= 4 is 5.91 Å². The van der Waals surface area contributed by atoms with E-state index in [2.05, 4.69) is 31.3 Å². The number of amides is 1. The summed E-state index contributed by atoms with van der Waals surface area (Å²) >= 11 is 0. The van der Waals surface area contributed by atoms with Gasteiger partial charge in [0, 0.05) is 11.8 Å². The second-order valence-corrected chi connectivity index (χ2v) is 6.48. The van der Waals surface area contributed by atoms with Gasteiger partial charge in [-0.2, -0.15) is 0 Å². The molecule has 0 radical (unpaired) electrons. The quantitative estimate of drug-likeness (QED) is 0.856. The molecule has 0 saturated carbocycles. The van der Waals surface area contributed by atoms with Gasteiger partial charge < -0.3 is 10.2 Å². The maximum absolute atomic E-state index is 12.2. The molecule has 1 aromatic rings. The Morgan fingerprint density at radius 3 is 2.45 bits per heavy atom. The van der Waals surface area contributed by atoms with E-state index in [9.17, 15) is 4.79 Å². The highest BCUT2D eigenvalue weighted by Crippen LogP contribution is 2.12. The fourth-order valence-electron chi connectivity index (χ4n) is 3.41. The zero-order valence-electron chi connectivity index (χ0n) is 12.9. The number of carbonyl (C=O) groups is 1. The Kier molecular flexibility index (Phi) is 5.18. The zero-order valence-corrected chi connectivity index (χ0v) is 12.9. The Hall–Kier alpha value is -1.35. The summed E-state index contributed by atoms with van der Waals surface area (Å²) in [7, 11) is 0. The fourth-order valence-corrected chi connectivity index (χ4v) is 3.41. The maximum Gasteiger partial charge on any atom is 0.275 e. The molecule has 3 heteroatoms. The first kappa shape index (κ1) is 15.0. The summed E-state index contributed by atoms with van der Waals surface area (Å²) in [6.07, 6.45) is 1.30. The number of hydrogen-bond donors (Lipinski definition) is 2. The number of rotatable bonds is 4. The first-order valence-electron chi connectivity index (χ1n) is 7.72. The standard InChI is InChI=1S/C17H26N2O/c1-13-9-14(2)11-19(10-13)12-17(20)18-15(3)16-7-5-4-6-8-16/h4-8,13-15H,9-12H2,1-3H3,(H,18,20)/p+1/t13-,14+,15-/m0/s1. The van der Waals surface area contributed by atoms with Crippen LogP contribution in [0.1, 0.15) is 38.8 Å². The summed E-state index contributed by atoms with van der Waals surface area (Å²) < 4.78 is 0. The molecule has 0 aromatic heterocycles. The Balaban J connectivity index is 1.83. The lowest BCUT2D eigenvalue weighted by Gasteiger charge is -2.31. The smallest absolute Gasteiger partial charge is 0.275 e. The van der Waals surface area contributed by atoms with Crippen molar-refractivity contribution in [1.29, 1.82) is 0 Å². The molecule has 3 nitrogen and oxygen atoms in total. The SMILES string of the molecule is C[C@@H]1C[C@H](C)C[NH+](CC(=O)N[C@@H](C)c2ccccc2)C1. The van der Waals surface area contributed by atoms with Crippen molar-refractivity contribution in [3.05, 3.63) is 35.9 Å². The highest BCUT2D eigenvalue weighted by atomic mass is 16.2. The molecule has 1 fully saturated rings. The van der Waals surface area contributed by atoms with Crippen LogP contribution in [0.5, 0.6) is 0 Å². The third kappa shape index (κ3) is 4.34. The van der Waals surface area contributed by atoms with Crippen molar-refractivity contribution in [2.45, 2.75) is 33.2 Å². The van der Waals surface area contributed by atoms with Crippen LogP contribution >= 0.6 is 0 Å². The molecule has 2 N–H and O–H groups in total. The molecule has 0 bridgehead atoms. The lowest BCUT2D eigenvalue weighted by atomic mass is 9.92. The van der Waals surface area contributed by atoms with Crippen molar-refractivity contribution in [1.82, 2.24) is 5.32 Å². The van der Waals surface area contributed by atoms with E-state index in [0.29, 0.717) is 6.54 Å². The van der Waals surface area contributed by atoms with E-state index in [1.807, 2.05) is 25.1 Å². The normalized spacial score (nSPS) is 27.9. The summed E-state index contributed by atoms with van der Waals surface area (Å²) in [6.45, 7) is 9.48. The number of benzene rings is 1. The van der Waals surface area contributed by atoms with E-state index in [1.54, 1.807) is 0 Å². The Morgan fingerprint density at radius 1 is 1.25 bits per heavy atom. The molecule has 110 valence electrons. The number of piperidine rings is 1. The Bertz CT molecular complexity index is 422. The molecule has 2 rings (SSSR count). The highest BCUT2D eigenvalue weighted by Gasteiger charge is 2.26. The molecule has 1 aliphatic heterocycles. The van der Waals surface area contributed by atoms with Gasteiger partial charge in [0.2, 0.25) is 0 Å². The lowest BCUT2D eigenvalue weighted by molar-refractivity contribution is -0.904. The summed E-state index contributed by atoms with van der Waals surface area (Å²) in [5.41, 5.74) is 1.16. The summed E-state index contributed by atoms with van der Waals surface area (Å²) in [5, 5.41) is 3.11. The summed E-state index contributed by atoms with van der Waals surface area (Å²) in [4.78, 5) is 13.6. The monoisotopic (exact) mass is 275 g/mol. The van der Waals surface area contributed by atoms with Crippen LogP contribution in [-0.2, 0) is 4.79 Å². The lowest BCUT2D eigenvalue weighted by Crippen LogP contribution is -3.15. The van der Waals surface area contributed by atoms with Crippen LogP contribution in [0.4, 0.5) is 0 Å². The van der Waals surface area contributed by atoms with Gasteiger partial charge in [-0.3, -0.25) is 4.79 Å². The van der Waals surface area contributed by atoms with E-state index in [4.69, 9.17) is 0 Å². The van der Waals surface area contributed by atoms with Gasteiger partial charge in [0.15, 0.2) is 6.54 Å². The van der Waals surface area contributed by atoms with Crippen LogP contribution in [0.15, 0.2) is 30.3 Å². The van der Waals surface area contributed by atoms with Crippen LogP contribution in [0.25, 0.3) is 0 Å². The minimum absolute atomic E-state index is 0.0859. The van der Waals surface area contributed by atoms with Crippen molar-refractivity contribution in [3.63, 3.8) is 0 Å². The van der Waals surface area contributed by atoms with Crippen LogP contribution in [-0.4, -0.2) is 25.5 Å². The van der Waals surface area contributed by atoms with Crippen LogP contribution in [0.2, 0.25) is 0 Å². The molecular formula is C17H27N2O+. The van der Waals surface area contributed by atoms with Gasteiger partial charge in [-0.05, 0) is 18.9 Å². The summed E-state index contributed by atoms with van der Waals surface area (Å²) in [5.74, 6) is 1.62. The third-order valence-electron chi connectivity index (χ3n) is 4.17. The van der Waals surface area contributed by atoms with E-state index in [-0.39, 0.29) is 11.9 Å². The zero-order chi connectivity index (χ0) is 14.5. The van der Waals surface area contributed by atoms with Crippen molar-refractivity contribution < 1.29 is 9.69 Å². The first-order chi connectivity index (χ1) is 9.54. The third-order valence-corrected chi connectivity index (χ3v) is 4.17. The van der Waals surface area contributed by atoms with E-state index in [1.165, 1.54) is 11.3 Å². The summed E-state index contributed by atoms with van der Waals surface area (Å²) in [6, 6.07) is 10.2. The maximum atomic E-state index is 12.2. The van der Waals surface area contributed by atoms with Crippen molar-refractivity contribution in [2.75, 3.05) is 19.6 Å². The fraction of sp³-hybridized carbons (Fsp3) is 0.588. The van der Waals surface area contributed by atoms with Gasteiger partial charge in [0.25, 0.3) is 5.91 Å². The highest BCUT2D eigenvalue weighted by molar-refractivity contribution is 5.77. The van der Waals surface area contributed by atoms with Crippen LogP contribution in [0.3, 0.4) is 0 Å². The molecule has 1 aliphatic rings. The van der Waals surface area contributed by atoms with Crippen molar-refractivity contribution in [3.8, 4) is 0 Å². The van der Waals surface area contributed by atoms with Crippen molar-refractivity contribution in [2.24, 2.45) is 11.8 Å². The Morgan fingerprint density at radius 2 is 1.85 bits per heavy atom. The molecule has 4 atom stereocenters. The largest absolute Gasteiger partial charge is 0.345 e. The van der Waals surface area contributed by atoms with Gasteiger partial charge in [0.05, 0.1) is 19.1 Å². The molecule has 1 saturated heterocycles. The van der Waals surface area contributed by atoms with Gasteiger partial charge in [-0.1, -0.05) is 44.2 Å². The second kappa shape index (κ2) is 6.89. The van der Waals surface area contributed by atoms with E-state index >= 15 is 0 Å². The molecule has 1 aromatic carbocycles. The predicted molar refractivity (Wildman–Crippen MR) is 81.5 cm³/mol. The number of nitrogens with one attached hydrogen (secondary N) is 2. The van der Waals surface area contributed by atoms with E-state index < -0.39 is 0 Å². The average Bonchev–Trinajstić information content (AvgIpc) is 2.38. The second-order valence-electron chi connectivity index (χ2n) is 6.48. The average molecular weight is 275 g/mol. The van der Waals surface area contributed by atoms with E-state index in [0.717, 1.165) is 30.5 Å².